The molecule has 0 aromatic heterocycles. The van der Waals surface area contributed by atoms with Crippen molar-refractivity contribution in [2.24, 2.45) is 0 Å². The maximum atomic E-state index is 11.6. The normalized spacial score (nSPS) is 15.1. The highest BCUT2D eigenvalue weighted by atomic mass is 16.7. The quantitative estimate of drug-likeness (QED) is 0.413. The lowest BCUT2D eigenvalue weighted by atomic mass is 9.88. The fourth-order valence-electron chi connectivity index (χ4n) is 2.58. The van der Waals surface area contributed by atoms with Crippen molar-refractivity contribution in [3.05, 3.63) is 35.1 Å². The lowest BCUT2D eigenvalue weighted by Gasteiger charge is -2.26. The predicted octanol–water partition coefficient (Wildman–Crippen LogP) is 3.02. The molecular weight excluding hydrogens is 317 g/mol. The van der Waals surface area contributed by atoms with Crippen molar-refractivity contribution >= 4 is 13.8 Å². The molecule has 2 radical (unpaired) electrons. The number of benzene rings is 1. The maximum absolute atomic E-state index is 11.6. The molecule has 0 spiro atoms. The van der Waals surface area contributed by atoms with E-state index in [4.69, 9.17) is 22.1 Å². The summed E-state index contributed by atoms with van der Waals surface area (Å²) >= 11 is 0. The third kappa shape index (κ3) is 5.53. The molecule has 1 aromatic rings. The number of rotatable bonds is 8. The minimum Gasteiger partial charge on any atom is -0.454 e. The van der Waals surface area contributed by atoms with Gasteiger partial charge in [0.05, 0.1) is 7.85 Å². The van der Waals surface area contributed by atoms with Crippen LogP contribution >= 0.6 is 0 Å². The Bertz CT molecular complexity index is 644. The van der Waals surface area contributed by atoms with Crippen LogP contribution in [0.15, 0.2) is 29.5 Å². The fourth-order valence-corrected chi connectivity index (χ4v) is 2.58. The Morgan fingerprint density at radius 2 is 2.04 bits per heavy atom. The second-order valence-corrected chi connectivity index (χ2v) is 6.43. The fraction of sp³-hybridized carbons (Fsp3) is 0.526. The molecule has 0 saturated heterocycles. The summed E-state index contributed by atoms with van der Waals surface area (Å²) in [5.41, 5.74) is 2.09. The van der Waals surface area contributed by atoms with Gasteiger partial charge in [0.2, 0.25) is 6.79 Å². The van der Waals surface area contributed by atoms with Crippen LogP contribution in [0.3, 0.4) is 0 Å². The van der Waals surface area contributed by atoms with Crippen LogP contribution in [-0.2, 0) is 16.0 Å². The summed E-state index contributed by atoms with van der Waals surface area (Å²) in [6.07, 6.45) is 1.91. The van der Waals surface area contributed by atoms with Crippen molar-refractivity contribution in [1.29, 1.82) is 0 Å². The molecule has 0 aliphatic carbocycles. The molecule has 0 bridgehead atoms. The molecule has 1 aromatic carbocycles. The molecule has 134 valence electrons. The summed E-state index contributed by atoms with van der Waals surface area (Å²) in [5.74, 6) is 1.85. The molecule has 0 N–H and O–H groups in total. The average Bonchev–Trinajstić information content (AvgIpc) is 3.02. The van der Waals surface area contributed by atoms with Gasteiger partial charge in [-0.2, -0.15) is 0 Å². The van der Waals surface area contributed by atoms with E-state index in [1.807, 2.05) is 50.9 Å². The summed E-state index contributed by atoms with van der Waals surface area (Å²) < 4.78 is 16.1. The predicted molar refractivity (Wildman–Crippen MR) is 97.8 cm³/mol. The van der Waals surface area contributed by atoms with Crippen molar-refractivity contribution in [2.45, 2.75) is 46.0 Å². The molecule has 0 fully saturated rings. The van der Waals surface area contributed by atoms with E-state index in [1.54, 1.807) is 0 Å². The summed E-state index contributed by atoms with van der Waals surface area (Å²) in [6.45, 7) is 6.64. The highest BCUT2D eigenvalue weighted by molar-refractivity contribution is 6.11. The number of hydrogen-bond donors (Lipinski definition) is 0. The number of fused-ring (bicyclic) bond motifs is 1. The zero-order chi connectivity index (χ0) is 18.4. The molecule has 5 nitrogen and oxygen atoms in total. The second kappa shape index (κ2) is 8.95. The van der Waals surface area contributed by atoms with Crippen LogP contribution in [0.5, 0.6) is 11.5 Å². The Morgan fingerprint density at radius 1 is 1.32 bits per heavy atom. The minimum absolute atomic E-state index is 0.158. The van der Waals surface area contributed by atoms with E-state index >= 15 is 0 Å². The third-order valence-electron chi connectivity index (χ3n) is 4.26. The first-order valence-corrected chi connectivity index (χ1v) is 8.62. The molecule has 2 rings (SSSR count). The van der Waals surface area contributed by atoms with Crippen LogP contribution in [0, 0.1) is 0 Å². The van der Waals surface area contributed by atoms with Crippen LogP contribution in [-0.4, -0.2) is 45.0 Å². The van der Waals surface area contributed by atoms with Gasteiger partial charge in [0.1, 0.15) is 5.76 Å². The smallest absolute Gasteiger partial charge is 0.310 e. The monoisotopic (exact) mass is 343 g/mol. The molecule has 0 amide bonds. The summed E-state index contributed by atoms with van der Waals surface area (Å²) in [4.78, 5) is 13.6. The third-order valence-corrected chi connectivity index (χ3v) is 4.26. The molecule has 1 unspecified atom stereocenters. The highest BCUT2D eigenvalue weighted by Crippen LogP contribution is 2.32. The van der Waals surface area contributed by atoms with Crippen LogP contribution in [0.1, 0.15) is 39.2 Å². The van der Waals surface area contributed by atoms with Gasteiger partial charge < -0.3 is 19.1 Å². The number of esters is 1. The number of hydrogen-bond acceptors (Lipinski definition) is 5. The largest absolute Gasteiger partial charge is 0.454 e. The zero-order valence-electron chi connectivity index (χ0n) is 15.5. The van der Waals surface area contributed by atoms with Gasteiger partial charge in [-0.1, -0.05) is 13.0 Å². The number of carbonyl (C=O) groups is 1. The number of allylic oxidation sites excluding steroid dienone is 1. The van der Waals surface area contributed by atoms with Gasteiger partial charge in [0.25, 0.3) is 0 Å². The Labute approximate surface area is 151 Å². The van der Waals surface area contributed by atoms with Gasteiger partial charge in [-0.05, 0) is 62.9 Å². The summed E-state index contributed by atoms with van der Waals surface area (Å²) in [5, 5.41) is 0. The highest BCUT2D eigenvalue weighted by Gasteiger charge is 2.16. The van der Waals surface area contributed by atoms with Gasteiger partial charge in [0, 0.05) is 13.0 Å². The molecule has 1 aliphatic heterocycles. The van der Waals surface area contributed by atoms with Gasteiger partial charge in [-0.15, -0.1) is 0 Å². The van der Waals surface area contributed by atoms with E-state index in [-0.39, 0.29) is 18.7 Å². The van der Waals surface area contributed by atoms with E-state index in [2.05, 4.69) is 0 Å². The maximum Gasteiger partial charge on any atom is 0.310 e. The van der Waals surface area contributed by atoms with E-state index in [1.165, 1.54) is 0 Å². The summed E-state index contributed by atoms with van der Waals surface area (Å²) in [7, 11) is 8.28. The first kappa shape index (κ1) is 19.4. The molecule has 1 atom stereocenters. The van der Waals surface area contributed by atoms with Crippen LogP contribution < -0.4 is 9.47 Å². The van der Waals surface area contributed by atoms with Gasteiger partial charge in [0.15, 0.2) is 11.5 Å². The lowest BCUT2D eigenvalue weighted by molar-refractivity contribution is -0.139. The van der Waals surface area contributed by atoms with Gasteiger partial charge in [-0.3, -0.25) is 4.79 Å². The Morgan fingerprint density at radius 3 is 2.76 bits per heavy atom. The number of likely N-dealkylation sites (N-methyl/N-ethyl adjacent to an activating group) is 1. The Kier molecular flexibility index (Phi) is 6.94. The Hall–Kier alpha value is -1.95. The van der Waals surface area contributed by atoms with E-state index < -0.39 is 0 Å². The van der Waals surface area contributed by atoms with E-state index in [9.17, 15) is 4.79 Å². The summed E-state index contributed by atoms with van der Waals surface area (Å²) in [6, 6.07) is 5.88. The van der Waals surface area contributed by atoms with Gasteiger partial charge in [-0.25, -0.2) is 0 Å². The SMILES string of the molecule is [B]C(Cc1ccc2c(c1)OCO2)N(C)C/C(C)=C(\C)OC(=O)CCC. The first-order chi connectivity index (χ1) is 11.9. The Balaban J connectivity index is 1.90. The number of ether oxygens (including phenoxy) is 3. The van der Waals surface area contributed by atoms with Crippen molar-refractivity contribution in [3.8, 4) is 11.5 Å². The second-order valence-electron chi connectivity index (χ2n) is 6.43. The van der Waals surface area contributed by atoms with Crippen LogP contribution in [0.2, 0.25) is 0 Å². The van der Waals surface area contributed by atoms with E-state index in [0.29, 0.717) is 25.1 Å². The minimum atomic E-state index is -0.188. The molecule has 6 heteroatoms. The molecule has 1 heterocycles. The van der Waals surface area contributed by atoms with Crippen LogP contribution in [0.25, 0.3) is 0 Å². The standard InChI is InChI=1S/C19H26BNO4/c1-5-6-19(22)25-14(3)13(2)11-21(4)18(20)10-15-7-8-16-17(9-15)24-12-23-16/h7-9,18H,5-6,10-12H2,1-4H3/b14-13+. The average molecular weight is 343 g/mol. The van der Waals surface area contributed by atoms with Crippen LogP contribution in [0.4, 0.5) is 0 Å². The molecule has 1 aliphatic rings. The number of nitrogens with zero attached hydrogens (tertiary/aromatic N) is 1. The number of carbonyl (C=O) groups excluding carboxylic acids is 1. The molecule has 0 saturated carbocycles. The van der Waals surface area contributed by atoms with Gasteiger partial charge >= 0.3 is 5.97 Å². The first-order valence-electron chi connectivity index (χ1n) is 8.62. The van der Waals surface area contributed by atoms with Crippen molar-refractivity contribution in [2.75, 3.05) is 20.4 Å². The van der Waals surface area contributed by atoms with E-state index in [0.717, 1.165) is 29.1 Å². The molecule has 25 heavy (non-hydrogen) atoms. The topological polar surface area (TPSA) is 48.0 Å². The van der Waals surface area contributed by atoms with Crippen molar-refractivity contribution < 1.29 is 19.0 Å². The van der Waals surface area contributed by atoms with Crippen molar-refractivity contribution in [1.82, 2.24) is 4.90 Å². The zero-order valence-corrected chi connectivity index (χ0v) is 15.5. The lowest BCUT2D eigenvalue weighted by Crippen LogP contribution is -2.35. The van der Waals surface area contributed by atoms with Crippen molar-refractivity contribution in [3.63, 3.8) is 0 Å². The molecular formula is C19H26BNO4.